The Morgan fingerprint density at radius 1 is 1.05 bits per heavy atom. The number of carboxylic acid groups (broad SMARTS) is 1. The van der Waals surface area contributed by atoms with Crippen LogP contribution < -0.4 is 0 Å². The Hall–Kier alpha value is -2.22. The summed E-state index contributed by atoms with van der Waals surface area (Å²) in [6, 6.07) is 14.3. The summed E-state index contributed by atoms with van der Waals surface area (Å²) in [6.45, 7) is 0. The summed E-state index contributed by atoms with van der Waals surface area (Å²) >= 11 is 4.52. The Bertz CT molecular complexity index is 1370. The van der Waals surface area contributed by atoms with E-state index in [1.807, 2.05) is 24.3 Å². The number of fused-ring (bicyclic) bond motifs is 1. The van der Waals surface area contributed by atoms with Crippen molar-refractivity contribution in [3.8, 4) is 0 Å². The summed E-state index contributed by atoms with van der Waals surface area (Å²) < 4.78 is 62.3. The van der Waals surface area contributed by atoms with Crippen LogP contribution in [-0.4, -0.2) is 47.8 Å². The van der Waals surface area contributed by atoms with Gasteiger partial charge < -0.3 is 9.90 Å². The van der Waals surface area contributed by atoms with Gasteiger partial charge in [0.05, 0.1) is 27.1 Å². The average Bonchev–Trinajstić information content (AvgIpc) is 2.85. The van der Waals surface area contributed by atoms with Crippen molar-refractivity contribution in [2.45, 2.75) is 38.5 Å². The molecular weight excluding hydrogens is 568 g/mol. The third-order valence-electron chi connectivity index (χ3n) is 4.94. The lowest BCUT2D eigenvalue weighted by Crippen LogP contribution is -2.23. The maximum absolute atomic E-state index is 12.9. The molecule has 0 saturated carbocycles. The molecule has 1 aromatic heterocycles. The van der Waals surface area contributed by atoms with E-state index in [0.717, 1.165) is 28.9 Å². The van der Waals surface area contributed by atoms with Crippen LogP contribution in [0.5, 0.6) is 0 Å². The normalized spacial score (nSPS) is 12.9. The molecule has 0 aliphatic heterocycles. The van der Waals surface area contributed by atoms with Crippen LogP contribution in [0.15, 0.2) is 64.4 Å². The monoisotopic (exact) mass is 589 g/mol. The molecule has 0 aliphatic rings. The van der Waals surface area contributed by atoms with Crippen LogP contribution in [0, 0.1) is 0 Å². The summed E-state index contributed by atoms with van der Waals surface area (Å²) in [5.74, 6) is 0.557. The fraction of sp³-hybridized carbons (Fsp3) is 0.292. The number of hydrogen-bond donors (Lipinski definition) is 1. The van der Waals surface area contributed by atoms with Crippen molar-refractivity contribution in [2.24, 2.45) is 0 Å². The number of carbonyl (C=O) groups excluding carboxylic acids is 1. The van der Waals surface area contributed by atoms with Crippen molar-refractivity contribution in [3.63, 3.8) is 0 Å². The zero-order valence-electron chi connectivity index (χ0n) is 19.2. The molecule has 37 heavy (non-hydrogen) atoms. The van der Waals surface area contributed by atoms with Gasteiger partial charge in [0.25, 0.3) is 9.84 Å². The second kappa shape index (κ2) is 13.0. The summed E-state index contributed by atoms with van der Waals surface area (Å²) in [5.41, 5.74) is -3.70. The van der Waals surface area contributed by atoms with Crippen molar-refractivity contribution < 1.29 is 36.3 Å². The zero-order valence-corrected chi connectivity index (χ0v) is 22.4. The molecule has 0 saturated heterocycles. The lowest BCUT2D eigenvalue weighted by atomic mass is 10.2. The largest absolute Gasteiger partial charge is 0.501 e. The van der Waals surface area contributed by atoms with Gasteiger partial charge in [0.15, 0.2) is 0 Å². The van der Waals surface area contributed by atoms with Crippen LogP contribution in [0.3, 0.4) is 0 Å². The topological polar surface area (TPSA) is 101 Å². The number of alkyl halides is 3. The Balaban J connectivity index is 1.75. The third-order valence-corrected chi connectivity index (χ3v) is 10.3. The van der Waals surface area contributed by atoms with Crippen LogP contribution in [0.4, 0.5) is 13.2 Å². The van der Waals surface area contributed by atoms with Gasteiger partial charge in [-0.05, 0) is 35.9 Å². The fourth-order valence-corrected chi connectivity index (χ4v) is 7.39. The van der Waals surface area contributed by atoms with Crippen molar-refractivity contribution in [2.75, 3.05) is 11.5 Å². The number of nitrogens with zero attached hydrogens (tertiary/aromatic N) is 1. The molecule has 1 N–H and O–H groups in total. The molecule has 1 atom stereocenters. The molecule has 198 valence electrons. The molecule has 0 fully saturated rings. The number of sulfone groups is 1. The SMILES string of the molecule is O=CCCSC(SCCC(=O)O)c1cccc(SCc2ccc3ccc(S(=O)(=O)C(F)(F)F)cc3n2)c1. The maximum atomic E-state index is 12.9. The highest BCUT2D eigenvalue weighted by Crippen LogP contribution is 2.41. The fourth-order valence-electron chi connectivity index (χ4n) is 3.15. The first-order valence-corrected chi connectivity index (χ1v) is 15.4. The van der Waals surface area contributed by atoms with Gasteiger partial charge in [0, 0.05) is 34.0 Å². The summed E-state index contributed by atoms with van der Waals surface area (Å²) in [4.78, 5) is 26.0. The van der Waals surface area contributed by atoms with E-state index < -0.39 is 26.2 Å². The van der Waals surface area contributed by atoms with Crippen LogP contribution >= 0.6 is 35.3 Å². The van der Waals surface area contributed by atoms with E-state index in [9.17, 15) is 31.2 Å². The Labute approximate surface area is 224 Å². The second-order valence-corrected chi connectivity index (χ2v) is 13.4. The number of carboxylic acids is 1. The highest BCUT2D eigenvalue weighted by Gasteiger charge is 2.46. The van der Waals surface area contributed by atoms with Gasteiger partial charge in [-0.2, -0.15) is 13.2 Å². The summed E-state index contributed by atoms with van der Waals surface area (Å²) in [7, 11) is -5.47. The van der Waals surface area contributed by atoms with Crippen molar-refractivity contribution >= 4 is 68.3 Å². The van der Waals surface area contributed by atoms with Crippen LogP contribution in [-0.2, 0) is 25.2 Å². The number of pyridine rings is 1. The summed E-state index contributed by atoms with van der Waals surface area (Å²) in [5, 5.41) is 9.45. The van der Waals surface area contributed by atoms with Gasteiger partial charge in [-0.3, -0.25) is 9.78 Å². The smallest absolute Gasteiger partial charge is 0.481 e. The molecule has 2 aromatic carbocycles. The predicted molar refractivity (Wildman–Crippen MR) is 142 cm³/mol. The van der Waals surface area contributed by atoms with Gasteiger partial charge in [0.1, 0.15) is 6.29 Å². The minimum Gasteiger partial charge on any atom is -0.481 e. The van der Waals surface area contributed by atoms with E-state index in [2.05, 4.69) is 4.98 Å². The van der Waals surface area contributed by atoms with Crippen molar-refractivity contribution in [1.82, 2.24) is 4.98 Å². The lowest BCUT2D eigenvalue weighted by Gasteiger charge is -2.17. The van der Waals surface area contributed by atoms with Crippen molar-refractivity contribution in [3.05, 3.63) is 65.9 Å². The molecule has 1 unspecified atom stereocenters. The van der Waals surface area contributed by atoms with Gasteiger partial charge in [-0.1, -0.05) is 24.3 Å². The number of halogens is 3. The molecule has 6 nitrogen and oxygen atoms in total. The minimum absolute atomic E-state index is 0.0312. The number of thioether (sulfide) groups is 3. The first-order chi connectivity index (χ1) is 17.5. The number of aromatic nitrogens is 1. The molecule has 3 aromatic rings. The molecule has 0 bridgehead atoms. The molecule has 0 aliphatic carbocycles. The van der Waals surface area contributed by atoms with E-state index in [0.29, 0.717) is 34.8 Å². The van der Waals surface area contributed by atoms with Crippen LogP contribution in [0.1, 0.15) is 28.7 Å². The van der Waals surface area contributed by atoms with Crippen LogP contribution in [0.2, 0.25) is 0 Å². The summed E-state index contributed by atoms with van der Waals surface area (Å²) in [6.07, 6.45) is 1.27. The average molecular weight is 590 g/mol. The number of aliphatic carboxylic acids is 1. The number of carbonyl (C=O) groups is 2. The Kier molecular flexibility index (Phi) is 10.3. The molecule has 0 amide bonds. The molecule has 3 rings (SSSR count). The molecular formula is C24H22F3NO5S4. The first kappa shape index (κ1) is 29.3. The van der Waals surface area contributed by atoms with Gasteiger partial charge in [-0.15, -0.1) is 35.3 Å². The van der Waals surface area contributed by atoms with Gasteiger partial charge in [0.2, 0.25) is 0 Å². The van der Waals surface area contributed by atoms with Crippen molar-refractivity contribution in [1.29, 1.82) is 0 Å². The predicted octanol–water partition coefficient (Wildman–Crippen LogP) is 6.35. The van der Waals surface area contributed by atoms with E-state index in [1.165, 1.54) is 29.6 Å². The first-order valence-electron chi connectivity index (χ1n) is 10.8. The third kappa shape index (κ3) is 8.13. The number of rotatable bonds is 13. The molecule has 1 heterocycles. The molecule has 0 radical (unpaired) electrons. The van der Waals surface area contributed by atoms with Crippen LogP contribution in [0.25, 0.3) is 10.9 Å². The second-order valence-electron chi connectivity index (χ2n) is 7.64. The lowest BCUT2D eigenvalue weighted by molar-refractivity contribution is -0.136. The Morgan fingerprint density at radius 2 is 1.78 bits per heavy atom. The standard InChI is InChI=1S/C24H22F3NO5S4/c25-24(26,27)37(32,33)20-8-6-16-5-7-18(28-21(16)14-20)15-36-19-4-1-3-17(13-19)23(34-11-2-10-29)35-12-9-22(30)31/h1,3-8,10,13-14,23H,2,9,11-12,15H2,(H,30,31). The Morgan fingerprint density at radius 3 is 2.49 bits per heavy atom. The van der Waals surface area contributed by atoms with E-state index in [1.54, 1.807) is 23.9 Å². The zero-order chi connectivity index (χ0) is 27.1. The van der Waals surface area contributed by atoms with E-state index in [4.69, 9.17) is 5.11 Å². The number of aldehydes is 1. The maximum Gasteiger partial charge on any atom is 0.501 e. The van der Waals surface area contributed by atoms with Gasteiger partial charge >= 0.3 is 11.5 Å². The molecule has 0 spiro atoms. The minimum atomic E-state index is -5.47. The highest BCUT2D eigenvalue weighted by molar-refractivity contribution is 8.16. The van der Waals surface area contributed by atoms with E-state index >= 15 is 0 Å². The molecule has 13 heteroatoms. The van der Waals surface area contributed by atoms with E-state index in [-0.39, 0.29) is 16.5 Å². The number of benzene rings is 2. The number of hydrogen-bond acceptors (Lipinski definition) is 8. The highest BCUT2D eigenvalue weighted by atomic mass is 32.2. The van der Waals surface area contributed by atoms with Gasteiger partial charge in [-0.25, -0.2) is 8.42 Å². The quantitative estimate of drug-likeness (QED) is 0.106.